The predicted molar refractivity (Wildman–Crippen MR) is 103 cm³/mol. The lowest BCUT2D eigenvalue weighted by atomic mass is 10.1. The highest BCUT2D eigenvalue weighted by Gasteiger charge is 2.26. The zero-order valence-electron chi connectivity index (χ0n) is 15.3. The first-order chi connectivity index (χ1) is 12.0. The van der Waals surface area contributed by atoms with Crippen LogP contribution in [0.2, 0.25) is 5.02 Å². The molecule has 25 heavy (non-hydrogen) atoms. The Balaban J connectivity index is 2.08. The van der Waals surface area contributed by atoms with Crippen LogP contribution in [0.25, 0.3) is 10.9 Å². The number of nitrogens with one attached hydrogen (secondary N) is 1. The minimum atomic E-state index is -0.0235. The number of nitrogens with zero attached hydrogens (tertiary/aromatic N) is 3. The fourth-order valence-corrected chi connectivity index (χ4v) is 3.90. The fraction of sp³-hybridized carbons (Fsp3) is 0.579. The number of hydrogen-bond acceptors (Lipinski definition) is 4. The molecule has 1 N–H and O–H groups in total. The predicted octanol–water partition coefficient (Wildman–Crippen LogP) is 3.11. The summed E-state index contributed by atoms with van der Waals surface area (Å²) in [5, 5.41) is 4.69. The molecule has 2 heterocycles. The van der Waals surface area contributed by atoms with E-state index < -0.39 is 0 Å². The molecule has 1 aromatic heterocycles. The van der Waals surface area contributed by atoms with Gasteiger partial charge in [0.1, 0.15) is 5.82 Å². The van der Waals surface area contributed by atoms with Crippen LogP contribution in [0.5, 0.6) is 0 Å². The summed E-state index contributed by atoms with van der Waals surface area (Å²) in [6.07, 6.45) is 3.16. The zero-order chi connectivity index (χ0) is 18.0. The Labute approximate surface area is 154 Å². The van der Waals surface area contributed by atoms with Gasteiger partial charge in [-0.2, -0.15) is 0 Å². The van der Waals surface area contributed by atoms with Crippen molar-refractivity contribution < 1.29 is 0 Å². The van der Waals surface area contributed by atoms with E-state index in [0.717, 1.165) is 50.2 Å². The fourth-order valence-electron chi connectivity index (χ4n) is 3.73. The summed E-state index contributed by atoms with van der Waals surface area (Å²) in [6.45, 7) is 7.44. The van der Waals surface area contributed by atoms with E-state index in [9.17, 15) is 4.79 Å². The topological polar surface area (TPSA) is 50.2 Å². The highest BCUT2D eigenvalue weighted by atomic mass is 35.5. The lowest BCUT2D eigenvalue weighted by Gasteiger charge is -2.32. The second-order valence-electron chi connectivity index (χ2n) is 7.00. The quantitative estimate of drug-likeness (QED) is 0.907. The SMILES string of the molecule is CCC[C@@H](c1nc2ccc(Cl)cc2c(=O)n1C)N1CCCN[C@H](C)C1. The van der Waals surface area contributed by atoms with E-state index in [2.05, 4.69) is 24.1 Å². The molecule has 0 spiro atoms. The summed E-state index contributed by atoms with van der Waals surface area (Å²) in [5.74, 6) is 0.857. The molecule has 1 aliphatic heterocycles. The highest BCUT2D eigenvalue weighted by Crippen LogP contribution is 2.26. The van der Waals surface area contributed by atoms with Crippen molar-refractivity contribution in [1.82, 2.24) is 19.8 Å². The van der Waals surface area contributed by atoms with Crippen LogP contribution in [0.3, 0.4) is 0 Å². The molecule has 0 radical (unpaired) electrons. The molecule has 0 amide bonds. The first-order valence-electron chi connectivity index (χ1n) is 9.15. The van der Waals surface area contributed by atoms with Gasteiger partial charge >= 0.3 is 0 Å². The van der Waals surface area contributed by atoms with Crippen molar-refractivity contribution in [3.63, 3.8) is 0 Å². The van der Waals surface area contributed by atoms with Crippen LogP contribution in [0.15, 0.2) is 23.0 Å². The Bertz CT molecular complexity index is 804. The molecule has 0 unspecified atom stereocenters. The van der Waals surface area contributed by atoms with Crippen LogP contribution in [-0.4, -0.2) is 40.1 Å². The van der Waals surface area contributed by atoms with Crippen LogP contribution in [0.4, 0.5) is 0 Å². The van der Waals surface area contributed by atoms with E-state index in [-0.39, 0.29) is 11.6 Å². The van der Waals surface area contributed by atoms with Crippen molar-refractivity contribution in [1.29, 1.82) is 0 Å². The minimum absolute atomic E-state index is 0.0235. The number of benzene rings is 1. The Hall–Kier alpha value is -1.43. The van der Waals surface area contributed by atoms with E-state index >= 15 is 0 Å². The molecule has 6 heteroatoms. The second-order valence-corrected chi connectivity index (χ2v) is 7.44. The Kier molecular flexibility index (Phi) is 5.77. The third kappa shape index (κ3) is 3.89. The highest BCUT2D eigenvalue weighted by molar-refractivity contribution is 6.31. The van der Waals surface area contributed by atoms with E-state index in [1.165, 1.54) is 0 Å². The molecule has 2 aromatic rings. The van der Waals surface area contributed by atoms with Crippen LogP contribution in [0, 0.1) is 0 Å². The van der Waals surface area contributed by atoms with Gasteiger partial charge in [0.05, 0.1) is 16.9 Å². The van der Waals surface area contributed by atoms with E-state index in [4.69, 9.17) is 16.6 Å². The Morgan fingerprint density at radius 2 is 2.24 bits per heavy atom. The van der Waals surface area contributed by atoms with Crippen molar-refractivity contribution in [2.45, 2.75) is 45.2 Å². The van der Waals surface area contributed by atoms with E-state index in [0.29, 0.717) is 16.5 Å². The maximum atomic E-state index is 12.9. The van der Waals surface area contributed by atoms with Gasteiger partial charge in [0.25, 0.3) is 5.56 Å². The number of fused-ring (bicyclic) bond motifs is 1. The van der Waals surface area contributed by atoms with E-state index in [1.54, 1.807) is 16.7 Å². The second kappa shape index (κ2) is 7.85. The first kappa shape index (κ1) is 18.4. The number of aromatic nitrogens is 2. The molecule has 1 aliphatic rings. The number of rotatable bonds is 4. The molecule has 0 aliphatic carbocycles. The average Bonchev–Trinajstić information content (AvgIpc) is 2.81. The van der Waals surface area contributed by atoms with Crippen molar-refractivity contribution in [3.05, 3.63) is 39.4 Å². The van der Waals surface area contributed by atoms with E-state index in [1.807, 2.05) is 13.1 Å². The van der Waals surface area contributed by atoms with Crippen LogP contribution < -0.4 is 10.9 Å². The standard InChI is InChI=1S/C19H27ClN4O/c1-4-6-17(24-10-5-9-21-13(2)12-24)18-22-16-8-7-14(20)11-15(16)19(25)23(18)3/h7-8,11,13,17,21H,4-6,9-10,12H2,1-3H3/t13-,17+/m1/s1. The van der Waals surface area contributed by atoms with Gasteiger partial charge in [0, 0.05) is 31.2 Å². The van der Waals surface area contributed by atoms with Gasteiger partial charge in [0.15, 0.2) is 0 Å². The molecule has 1 aromatic carbocycles. The Morgan fingerprint density at radius 1 is 1.44 bits per heavy atom. The molecular weight excluding hydrogens is 336 g/mol. The van der Waals surface area contributed by atoms with Crippen molar-refractivity contribution in [3.8, 4) is 0 Å². The van der Waals surface area contributed by atoms with Gasteiger partial charge in [0.2, 0.25) is 0 Å². The first-order valence-corrected chi connectivity index (χ1v) is 9.52. The molecule has 3 rings (SSSR count). The normalized spacial score (nSPS) is 20.6. The third-order valence-electron chi connectivity index (χ3n) is 5.00. The van der Waals surface area contributed by atoms with Gasteiger partial charge in [-0.1, -0.05) is 24.9 Å². The summed E-state index contributed by atoms with van der Waals surface area (Å²) in [7, 11) is 1.83. The number of hydrogen-bond donors (Lipinski definition) is 1. The monoisotopic (exact) mass is 362 g/mol. The van der Waals surface area contributed by atoms with Gasteiger partial charge in [-0.3, -0.25) is 14.3 Å². The molecule has 136 valence electrons. The van der Waals surface area contributed by atoms with Crippen molar-refractivity contribution >= 4 is 22.5 Å². The summed E-state index contributed by atoms with van der Waals surface area (Å²) >= 11 is 6.06. The molecule has 0 saturated carbocycles. The van der Waals surface area contributed by atoms with Crippen LogP contribution in [-0.2, 0) is 7.05 Å². The molecular formula is C19H27ClN4O. The number of halogens is 1. The molecule has 1 fully saturated rings. The molecule has 5 nitrogen and oxygen atoms in total. The molecule has 1 saturated heterocycles. The lowest BCUT2D eigenvalue weighted by Crippen LogP contribution is -2.39. The largest absolute Gasteiger partial charge is 0.313 e. The minimum Gasteiger partial charge on any atom is -0.313 e. The van der Waals surface area contributed by atoms with Gasteiger partial charge in [-0.25, -0.2) is 4.98 Å². The smallest absolute Gasteiger partial charge is 0.261 e. The summed E-state index contributed by atoms with van der Waals surface area (Å²) < 4.78 is 1.71. The van der Waals surface area contributed by atoms with Gasteiger partial charge < -0.3 is 5.32 Å². The average molecular weight is 363 g/mol. The van der Waals surface area contributed by atoms with Crippen molar-refractivity contribution in [2.75, 3.05) is 19.6 Å². The van der Waals surface area contributed by atoms with Gasteiger partial charge in [-0.05, 0) is 44.5 Å². The molecule has 0 bridgehead atoms. The third-order valence-corrected chi connectivity index (χ3v) is 5.23. The van der Waals surface area contributed by atoms with Gasteiger partial charge in [-0.15, -0.1) is 0 Å². The summed E-state index contributed by atoms with van der Waals surface area (Å²) in [5.41, 5.74) is 0.703. The van der Waals surface area contributed by atoms with Crippen LogP contribution >= 0.6 is 11.6 Å². The maximum Gasteiger partial charge on any atom is 0.261 e. The van der Waals surface area contributed by atoms with Crippen LogP contribution in [0.1, 0.15) is 45.0 Å². The lowest BCUT2D eigenvalue weighted by molar-refractivity contribution is 0.175. The summed E-state index contributed by atoms with van der Waals surface area (Å²) in [4.78, 5) is 20.2. The zero-order valence-corrected chi connectivity index (χ0v) is 16.0. The Morgan fingerprint density at radius 3 is 3.00 bits per heavy atom. The van der Waals surface area contributed by atoms with Crippen molar-refractivity contribution in [2.24, 2.45) is 7.05 Å². The summed E-state index contributed by atoms with van der Waals surface area (Å²) in [6, 6.07) is 5.96. The molecule has 2 atom stereocenters. The maximum absolute atomic E-state index is 12.9.